The SMILES string of the molecule is Cc1ccc(O)c(C(=O)NCC2CCC(=O)N2)c1. The summed E-state index contributed by atoms with van der Waals surface area (Å²) in [5, 5.41) is 15.1. The van der Waals surface area contributed by atoms with Crippen LogP contribution in [0.15, 0.2) is 18.2 Å². The van der Waals surface area contributed by atoms with Crippen molar-refractivity contribution in [2.45, 2.75) is 25.8 Å². The monoisotopic (exact) mass is 248 g/mol. The van der Waals surface area contributed by atoms with Crippen molar-refractivity contribution in [3.8, 4) is 5.75 Å². The number of aromatic hydroxyl groups is 1. The van der Waals surface area contributed by atoms with Gasteiger partial charge in [0.25, 0.3) is 5.91 Å². The van der Waals surface area contributed by atoms with Crippen LogP contribution < -0.4 is 10.6 Å². The Hall–Kier alpha value is -2.04. The van der Waals surface area contributed by atoms with Crippen molar-refractivity contribution in [2.75, 3.05) is 6.54 Å². The van der Waals surface area contributed by atoms with Gasteiger partial charge in [-0.2, -0.15) is 0 Å². The maximum absolute atomic E-state index is 11.9. The first-order valence-electron chi connectivity index (χ1n) is 5.93. The van der Waals surface area contributed by atoms with E-state index in [1.165, 1.54) is 6.07 Å². The Morgan fingerprint density at radius 2 is 2.33 bits per heavy atom. The van der Waals surface area contributed by atoms with Crippen LogP contribution in [0.1, 0.15) is 28.8 Å². The van der Waals surface area contributed by atoms with Crippen LogP contribution in [0.2, 0.25) is 0 Å². The third kappa shape index (κ3) is 2.80. The van der Waals surface area contributed by atoms with Gasteiger partial charge in [-0.3, -0.25) is 9.59 Å². The van der Waals surface area contributed by atoms with Crippen molar-refractivity contribution in [1.82, 2.24) is 10.6 Å². The molecular formula is C13H16N2O3. The van der Waals surface area contributed by atoms with E-state index in [1.54, 1.807) is 12.1 Å². The first kappa shape index (κ1) is 12.4. The maximum Gasteiger partial charge on any atom is 0.255 e. The summed E-state index contributed by atoms with van der Waals surface area (Å²) in [5.74, 6) is -0.335. The van der Waals surface area contributed by atoms with E-state index >= 15 is 0 Å². The van der Waals surface area contributed by atoms with Gasteiger partial charge < -0.3 is 15.7 Å². The van der Waals surface area contributed by atoms with Gasteiger partial charge in [0.15, 0.2) is 0 Å². The van der Waals surface area contributed by atoms with Gasteiger partial charge in [0.1, 0.15) is 5.75 Å². The lowest BCUT2D eigenvalue weighted by Gasteiger charge is -2.12. The Morgan fingerprint density at radius 1 is 1.56 bits per heavy atom. The van der Waals surface area contributed by atoms with E-state index < -0.39 is 0 Å². The molecule has 0 bridgehead atoms. The van der Waals surface area contributed by atoms with Crippen LogP contribution in [-0.4, -0.2) is 29.5 Å². The second-order valence-corrected chi connectivity index (χ2v) is 4.53. The highest BCUT2D eigenvalue weighted by Gasteiger charge is 2.21. The molecule has 1 fully saturated rings. The number of phenolic OH excluding ortho intramolecular Hbond substituents is 1. The standard InChI is InChI=1S/C13H16N2O3/c1-8-2-4-11(16)10(6-8)13(18)14-7-9-3-5-12(17)15-9/h2,4,6,9,16H,3,5,7H2,1H3,(H,14,18)(H,15,17). The van der Waals surface area contributed by atoms with Crippen LogP contribution >= 0.6 is 0 Å². The van der Waals surface area contributed by atoms with Gasteiger partial charge in [0, 0.05) is 19.0 Å². The smallest absolute Gasteiger partial charge is 0.255 e. The topological polar surface area (TPSA) is 78.4 Å². The van der Waals surface area contributed by atoms with Crippen molar-refractivity contribution < 1.29 is 14.7 Å². The van der Waals surface area contributed by atoms with Crippen LogP contribution in [-0.2, 0) is 4.79 Å². The van der Waals surface area contributed by atoms with E-state index in [-0.39, 0.29) is 29.2 Å². The average Bonchev–Trinajstić information content (AvgIpc) is 2.75. The number of rotatable bonds is 3. The van der Waals surface area contributed by atoms with E-state index in [4.69, 9.17) is 0 Å². The average molecular weight is 248 g/mol. The predicted molar refractivity (Wildman–Crippen MR) is 66.3 cm³/mol. The Labute approximate surface area is 105 Å². The summed E-state index contributed by atoms with van der Waals surface area (Å²) in [6.07, 6.45) is 1.25. The second kappa shape index (κ2) is 5.08. The fourth-order valence-electron chi connectivity index (χ4n) is 1.97. The van der Waals surface area contributed by atoms with E-state index in [1.807, 2.05) is 6.92 Å². The van der Waals surface area contributed by atoms with Crippen molar-refractivity contribution in [2.24, 2.45) is 0 Å². The van der Waals surface area contributed by atoms with E-state index in [2.05, 4.69) is 10.6 Å². The molecule has 1 saturated heterocycles. The number of carbonyl (C=O) groups excluding carboxylic acids is 2. The highest BCUT2D eigenvalue weighted by molar-refractivity contribution is 5.97. The Balaban J connectivity index is 1.95. The molecule has 2 amide bonds. The number of hydrogen-bond donors (Lipinski definition) is 3. The largest absolute Gasteiger partial charge is 0.507 e. The molecule has 5 nitrogen and oxygen atoms in total. The van der Waals surface area contributed by atoms with Crippen molar-refractivity contribution >= 4 is 11.8 Å². The quantitative estimate of drug-likeness (QED) is 0.737. The zero-order valence-corrected chi connectivity index (χ0v) is 10.2. The number of benzene rings is 1. The summed E-state index contributed by atoms with van der Waals surface area (Å²) in [4.78, 5) is 22.9. The summed E-state index contributed by atoms with van der Waals surface area (Å²) >= 11 is 0. The van der Waals surface area contributed by atoms with E-state index in [0.29, 0.717) is 13.0 Å². The second-order valence-electron chi connectivity index (χ2n) is 4.53. The number of amides is 2. The van der Waals surface area contributed by atoms with Crippen LogP contribution in [0.4, 0.5) is 0 Å². The Morgan fingerprint density at radius 3 is 3.00 bits per heavy atom. The van der Waals surface area contributed by atoms with Gasteiger partial charge in [0.05, 0.1) is 5.56 Å². The molecule has 18 heavy (non-hydrogen) atoms. The van der Waals surface area contributed by atoms with Gasteiger partial charge in [-0.1, -0.05) is 11.6 Å². The molecule has 1 aromatic rings. The highest BCUT2D eigenvalue weighted by Crippen LogP contribution is 2.18. The molecule has 1 unspecified atom stereocenters. The molecule has 0 aliphatic carbocycles. The number of nitrogens with one attached hydrogen (secondary N) is 2. The molecule has 0 radical (unpaired) electrons. The van der Waals surface area contributed by atoms with Gasteiger partial charge in [-0.25, -0.2) is 0 Å². The molecule has 96 valence electrons. The van der Waals surface area contributed by atoms with Crippen LogP contribution in [0.5, 0.6) is 5.75 Å². The first-order chi connectivity index (χ1) is 8.56. The molecule has 1 aromatic carbocycles. The van der Waals surface area contributed by atoms with Gasteiger partial charge in [-0.15, -0.1) is 0 Å². The molecule has 5 heteroatoms. The molecule has 1 heterocycles. The Kier molecular flexibility index (Phi) is 3.50. The summed E-state index contributed by atoms with van der Waals surface area (Å²) < 4.78 is 0. The first-order valence-corrected chi connectivity index (χ1v) is 5.93. The minimum absolute atomic E-state index is 0.00611. The van der Waals surface area contributed by atoms with Gasteiger partial charge in [0.2, 0.25) is 5.91 Å². The molecule has 1 aliphatic heterocycles. The number of carbonyl (C=O) groups is 2. The van der Waals surface area contributed by atoms with E-state index in [0.717, 1.165) is 12.0 Å². The predicted octanol–water partition coefficient (Wildman–Crippen LogP) is 0.709. The van der Waals surface area contributed by atoms with Crippen LogP contribution in [0, 0.1) is 6.92 Å². The lowest BCUT2D eigenvalue weighted by molar-refractivity contribution is -0.119. The van der Waals surface area contributed by atoms with Crippen molar-refractivity contribution in [3.63, 3.8) is 0 Å². The molecule has 0 saturated carbocycles. The summed E-state index contributed by atoms with van der Waals surface area (Å²) in [6, 6.07) is 4.87. The minimum atomic E-state index is -0.322. The lowest BCUT2D eigenvalue weighted by Crippen LogP contribution is -2.38. The van der Waals surface area contributed by atoms with Crippen molar-refractivity contribution in [1.29, 1.82) is 0 Å². The van der Waals surface area contributed by atoms with Gasteiger partial charge in [-0.05, 0) is 25.5 Å². The van der Waals surface area contributed by atoms with Gasteiger partial charge >= 0.3 is 0 Å². The fraction of sp³-hybridized carbons (Fsp3) is 0.385. The molecule has 0 spiro atoms. The van der Waals surface area contributed by atoms with E-state index in [9.17, 15) is 14.7 Å². The van der Waals surface area contributed by atoms with Crippen molar-refractivity contribution in [3.05, 3.63) is 29.3 Å². The third-order valence-corrected chi connectivity index (χ3v) is 2.99. The summed E-state index contributed by atoms with van der Waals surface area (Å²) in [7, 11) is 0. The molecule has 0 aromatic heterocycles. The number of aryl methyl sites for hydroxylation is 1. The fourth-order valence-corrected chi connectivity index (χ4v) is 1.97. The molecular weight excluding hydrogens is 232 g/mol. The zero-order chi connectivity index (χ0) is 13.1. The maximum atomic E-state index is 11.9. The van der Waals surface area contributed by atoms with Crippen LogP contribution in [0.25, 0.3) is 0 Å². The minimum Gasteiger partial charge on any atom is -0.507 e. The molecule has 1 aliphatic rings. The normalized spacial score (nSPS) is 18.5. The molecule has 1 atom stereocenters. The number of hydrogen-bond acceptors (Lipinski definition) is 3. The number of phenols is 1. The summed E-state index contributed by atoms with van der Waals surface area (Å²) in [5.41, 5.74) is 1.17. The Bertz CT molecular complexity index is 485. The third-order valence-electron chi connectivity index (χ3n) is 2.99. The van der Waals surface area contributed by atoms with Crippen LogP contribution in [0.3, 0.4) is 0 Å². The zero-order valence-electron chi connectivity index (χ0n) is 10.2. The molecule has 2 rings (SSSR count). The molecule has 3 N–H and O–H groups in total. The lowest BCUT2D eigenvalue weighted by atomic mass is 10.1. The highest BCUT2D eigenvalue weighted by atomic mass is 16.3. The summed E-state index contributed by atoms with van der Waals surface area (Å²) in [6.45, 7) is 2.24.